The Bertz CT molecular complexity index is 391. The van der Waals surface area contributed by atoms with E-state index in [9.17, 15) is 4.79 Å². The molecule has 2 atom stereocenters. The lowest BCUT2D eigenvalue weighted by molar-refractivity contribution is -0.137. The van der Waals surface area contributed by atoms with Crippen LogP contribution in [0.1, 0.15) is 31.2 Å². The van der Waals surface area contributed by atoms with Crippen LogP contribution in [-0.2, 0) is 4.79 Å². The summed E-state index contributed by atoms with van der Waals surface area (Å²) in [5, 5.41) is 8.71. The van der Waals surface area contributed by atoms with Gasteiger partial charge in [0.05, 0.1) is 6.42 Å². The molecule has 0 bridgehead atoms. The van der Waals surface area contributed by atoms with Gasteiger partial charge in [-0.3, -0.25) is 4.79 Å². The number of nitrogens with zero attached hydrogens (tertiary/aromatic N) is 1. The minimum atomic E-state index is -0.701. The molecule has 18 heavy (non-hydrogen) atoms. The number of piperidine rings is 1. The summed E-state index contributed by atoms with van der Waals surface area (Å²) in [6.45, 7) is 4.97. The van der Waals surface area contributed by atoms with E-state index < -0.39 is 5.97 Å². The number of carbonyl (C=O) groups is 1. The van der Waals surface area contributed by atoms with Crippen LogP contribution in [0.15, 0.2) is 30.3 Å². The SMILES string of the molecule is CC1CN(CCC(=O)O)CCC1c1ccccc1. The third-order valence-electron chi connectivity index (χ3n) is 3.86. The number of aliphatic carboxylic acids is 1. The van der Waals surface area contributed by atoms with Crippen LogP contribution in [0, 0.1) is 5.92 Å². The van der Waals surface area contributed by atoms with E-state index in [1.54, 1.807) is 0 Å². The van der Waals surface area contributed by atoms with Crippen LogP contribution in [-0.4, -0.2) is 35.6 Å². The first-order chi connectivity index (χ1) is 8.66. The Morgan fingerprint density at radius 3 is 2.72 bits per heavy atom. The first-order valence-electron chi connectivity index (χ1n) is 6.66. The molecule has 1 heterocycles. The highest BCUT2D eigenvalue weighted by molar-refractivity contribution is 5.66. The van der Waals surface area contributed by atoms with E-state index in [-0.39, 0.29) is 6.42 Å². The second kappa shape index (κ2) is 6.01. The van der Waals surface area contributed by atoms with Gasteiger partial charge >= 0.3 is 5.97 Å². The van der Waals surface area contributed by atoms with Crippen LogP contribution >= 0.6 is 0 Å². The number of carboxylic acids is 1. The van der Waals surface area contributed by atoms with E-state index in [0.29, 0.717) is 18.4 Å². The predicted octanol–water partition coefficient (Wildman–Crippen LogP) is 2.59. The van der Waals surface area contributed by atoms with Gasteiger partial charge in [0.1, 0.15) is 0 Å². The van der Waals surface area contributed by atoms with Crippen molar-refractivity contribution in [1.82, 2.24) is 4.90 Å². The molecule has 2 unspecified atom stereocenters. The van der Waals surface area contributed by atoms with Gasteiger partial charge in [0.25, 0.3) is 0 Å². The zero-order valence-corrected chi connectivity index (χ0v) is 10.9. The Balaban J connectivity index is 1.91. The highest BCUT2D eigenvalue weighted by Crippen LogP contribution is 2.32. The summed E-state index contributed by atoms with van der Waals surface area (Å²) < 4.78 is 0. The van der Waals surface area contributed by atoms with E-state index >= 15 is 0 Å². The lowest BCUT2D eigenvalue weighted by Crippen LogP contribution is -2.39. The van der Waals surface area contributed by atoms with E-state index in [2.05, 4.69) is 42.2 Å². The Morgan fingerprint density at radius 2 is 2.11 bits per heavy atom. The van der Waals surface area contributed by atoms with Gasteiger partial charge in [-0.2, -0.15) is 0 Å². The van der Waals surface area contributed by atoms with E-state index in [1.165, 1.54) is 5.56 Å². The number of likely N-dealkylation sites (tertiary alicyclic amines) is 1. The predicted molar refractivity (Wildman–Crippen MR) is 71.7 cm³/mol. The second-order valence-corrected chi connectivity index (χ2v) is 5.23. The van der Waals surface area contributed by atoms with Gasteiger partial charge in [-0.15, -0.1) is 0 Å². The van der Waals surface area contributed by atoms with Crippen molar-refractivity contribution in [2.45, 2.75) is 25.7 Å². The molecular weight excluding hydrogens is 226 g/mol. The molecule has 1 aromatic carbocycles. The number of rotatable bonds is 4. The lowest BCUT2D eigenvalue weighted by Gasteiger charge is -2.37. The molecule has 1 N–H and O–H groups in total. The summed E-state index contributed by atoms with van der Waals surface area (Å²) in [5.74, 6) is 0.509. The van der Waals surface area contributed by atoms with Gasteiger partial charge in [0.15, 0.2) is 0 Å². The van der Waals surface area contributed by atoms with Crippen LogP contribution in [0.2, 0.25) is 0 Å². The summed E-state index contributed by atoms with van der Waals surface area (Å²) in [6, 6.07) is 10.6. The molecule has 0 amide bonds. The topological polar surface area (TPSA) is 40.5 Å². The van der Waals surface area contributed by atoms with Gasteiger partial charge < -0.3 is 10.0 Å². The first-order valence-corrected chi connectivity index (χ1v) is 6.66. The fourth-order valence-electron chi connectivity index (χ4n) is 2.88. The van der Waals surface area contributed by atoms with Crippen LogP contribution in [0.4, 0.5) is 0 Å². The maximum atomic E-state index is 10.6. The molecule has 0 aliphatic carbocycles. The van der Waals surface area contributed by atoms with Gasteiger partial charge in [-0.05, 0) is 30.4 Å². The van der Waals surface area contributed by atoms with Gasteiger partial charge in [0, 0.05) is 13.1 Å². The van der Waals surface area contributed by atoms with Crippen molar-refractivity contribution in [2.24, 2.45) is 5.92 Å². The number of hydrogen-bond acceptors (Lipinski definition) is 2. The van der Waals surface area contributed by atoms with E-state index in [1.807, 2.05) is 0 Å². The largest absolute Gasteiger partial charge is 0.481 e. The summed E-state index contributed by atoms with van der Waals surface area (Å²) >= 11 is 0. The van der Waals surface area contributed by atoms with Crippen molar-refractivity contribution < 1.29 is 9.90 Å². The molecule has 0 spiro atoms. The van der Waals surface area contributed by atoms with Gasteiger partial charge in [0.2, 0.25) is 0 Å². The quantitative estimate of drug-likeness (QED) is 0.889. The minimum Gasteiger partial charge on any atom is -0.481 e. The first kappa shape index (κ1) is 13.1. The maximum absolute atomic E-state index is 10.6. The zero-order valence-electron chi connectivity index (χ0n) is 10.9. The van der Waals surface area contributed by atoms with Crippen LogP contribution in [0.5, 0.6) is 0 Å². The average molecular weight is 247 g/mol. The Hall–Kier alpha value is -1.35. The summed E-state index contributed by atoms with van der Waals surface area (Å²) in [4.78, 5) is 12.9. The van der Waals surface area contributed by atoms with E-state index in [0.717, 1.165) is 19.5 Å². The molecular formula is C15H21NO2. The van der Waals surface area contributed by atoms with Crippen LogP contribution in [0.25, 0.3) is 0 Å². The fraction of sp³-hybridized carbons (Fsp3) is 0.533. The number of hydrogen-bond donors (Lipinski definition) is 1. The summed E-state index contributed by atoms with van der Waals surface area (Å²) in [7, 11) is 0. The molecule has 0 saturated carbocycles. The lowest BCUT2D eigenvalue weighted by atomic mass is 9.81. The maximum Gasteiger partial charge on any atom is 0.304 e. The van der Waals surface area contributed by atoms with Crippen molar-refractivity contribution in [2.75, 3.05) is 19.6 Å². The molecule has 1 aromatic rings. The molecule has 3 nitrogen and oxygen atoms in total. The standard InChI is InChI=1S/C15H21NO2/c1-12-11-16(10-8-15(17)18)9-7-14(12)13-5-3-2-4-6-13/h2-6,12,14H,7-11H2,1H3,(H,17,18). The Morgan fingerprint density at radius 1 is 1.39 bits per heavy atom. The van der Waals surface area contributed by atoms with Gasteiger partial charge in [-0.25, -0.2) is 0 Å². The van der Waals surface area contributed by atoms with Crippen molar-refractivity contribution in [3.05, 3.63) is 35.9 Å². The molecule has 98 valence electrons. The third kappa shape index (κ3) is 3.33. The third-order valence-corrected chi connectivity index (χ3v) is 3.86. The molecule has 1 aliphatic rings. The molecule has 0 radical (unpaired) electrons. The highest BCUT2D eigenvalue weighted by Gasteiger charge is 2.26. The van der Waals surface area contributed by atoms with Crippen molar-refractivity contribution in [3.63, 3.8) is 0 Å². The van der Waals surface area contributed by atoms with Gasteiger partial charge in [-0.1, -0.05) is 37.3 Å². The number of carboxylic acid groups (broad SMARTS) is 1. The average Bonchev–Trinajstić information content (AvgIpc) is 2.37. The molecule has 0 aromatic heterocycles. The highest BCUT2D eigenvalue weighted by atomic mass is 16.4. The minimum absolute atomic E-state index is 0.253. The monoisotopic (exact) mass is 247 g/mol. The second-order valence-electron chi connectivity index (χ2n) is 5.23. The fourth-order valence-corrected chi connectivity index (χ4v) is 2.88. The van der Waals surface area contributed by atoms with E-state index in [4.69, 9.17) is 5.11 Å². The summed E-state index contributed by atoms with van der Waals surface area (Å²) in [5.41, 5.74) is 1.42. The summed E-state index contributed by atoms with van der Waals surface area (Å²) in [6.07, 6.45) is 1.38. The zero-order chi connectivity index (χ0) is 13.0. The number of benzene rings is 1. The van der Waals surface area contributed by atoms with Crippen molar-refractivity contribution in [1.29, 1.82) is 0 Å². The normalized spacial score (nSPS) is 24.9. The molecule has 2 rings (SSSR count). The molecule has 1 aliphatic heterocycles. The molecule has 1 saturated heterocycles. The Kier molecular flexibility index (Phi) is 4.37. The molecule has 1 fully saturated rings. The Labute approximate surface area is 108 Å². The van der Waals surface area contributed by atoms with Crippen molar-refractivity contribution >= 4 is 5.97 Å². The smallest absolute Gasteiger partial charge is 0.304 e. The molecule has 3 heteroatoms. The van der Waals surface area contributed by atoms with Crippen LogP contribution in [0.3, 0.4) is 0 Å². The van der Waals surface area contributed by atoms with Crippen LogP contribution < -0.4 is 0 Å². The van der Waals surface area contributed by atoms with Crippen molar-refractivity contribution in [3.8, 4) is 0 Å².